The minimum Gasteiger partial charge on any atom is -0.483 e. The van der Waals surface area contributed by atoms with Crippen LogP contribution in [-0.2, 0) is 4.79 Å². The van der Waals surface area contributed by atoms with E-state index in [4.69, 9.17) is 16.3 Å². The summed E-state index contributed by atoms with van der Waals surface area (Å²) in [5.41, 5.74) is 0.933. The number of benzene rings is 2. The number of halogens is 2. The fourth-order valence-electron chi connectivity index (χ4n) is 1.82. The summed E-state index contributed by atoms with van der Waals surface area (Å²) in [4.78, 5) is 23.5. The van der Waals surface area contributed by atoms with Crippen molar-refractivity contribution in [3.05, 3.63) is 57.5 Å². The molecule has 0 unspecified atom stereocenters. The highest BCUT2D eigenvalue weighted by atomic mass is 79.9. The maximum absolute atomic E-state index is 12.0. The summed E-state index contributed by atoms with van der Waals surface area (Å²) in [6.45, 7) is 1.28. The summed E-state index contributed by atoms with van der Waals surface area (Å²) in [5, 5.41) is 3.24. The molecule has 0 atom stereocenters. The van der Waals surface area contributed by atoms with E-state index in [-0.39, 0.29) is 18.3 Å². The maximum Gasteiger partial charge on any atom is 0.262 e. The standard InChI is InChI=1S/C16H13BrClNO3/c1-10(20)12-4-2-3-5-14(12)19-16(21)9-22-15-7-6-11(18)8-13(15)17/h2-8H,9H2,1H3,(H,19,21). The van der Waals surface area contributed by atoms with Crippen molar-refractivity contribution in [1.29, 1.82) is 0 Å². The van der Waals surface area contributed by atoms with Gasteiger partial charge in [0.05, 0.1) is 10.2 Å². The molecule has 0 aliphatic rings. The van der Waals surface area contributed by atoms with Gasteiger partial charge in [0.1, 0.15) is 5.75 Å². The number of hydrogen-bond acceptors (Lipinski definition) is 3. The summed E-state index contributed by atoms with van der Waals surface area (Å²) in [6.07, 6.45) is 0. The third-order valence-corrected chi connectivity index (χ3v) is 3.69. The van der Waals surface area contributed by atoms with E-state index in [9.17, 15) is 9.59 Å². The van der Waals surface area contributed by atoms with Gasteiger partial charge in [0.25, 0.3) is 5.91 Å². The molecule has 1 amide bonds. The SMILES string of the molecule is CC(=O)c1ccccc1NC(=O)COc1ccc(Cl)cc1Br. The smallest absolute Gasteiger partial charge is 0.262 e. The Hall–Kier alpha value is -1.85. The quantitative estimate of drug-likeness (QED) is 0.783. The van der Waals surface area contributed by atoms with E-state index in [1.807, 2.05) is 0 Å². The van der Waals surface area contributed by atoms with Crippen LogP contribution in [0.3, 0.4) is 0 Å². The van der Waals surface area contributed by atoms with Gasteiger partial charge in [0.15, 0.2) is 12.4 Å². The first-order valence-electron chi connectivity index (χ1n) is 6.45. The van der Waals surface area contributed by atoms with Gasteiger partial charge in [-0.1, -0.05) is 23.7 Å². The van der Waals surface area contributed by atoms with Crippen molar-refractivity contribution in [3.63, 3.8) is 0 Å². The first kappa shape index (κ1) is 16.5. The number of rotatable bonds is 5. The van der Waals surface area contributed by atoms with Crippen LogP contribution in [0.4, 0.5) is 5.69 Å². The normalized spacial score (nSPS) is 10.1. The van der Waals surface area contributed by atoms with Crippen molar-refractivity contribution in [3.8, 4) is 5.75 Å². The number of nitrogens with one attached hydrogen (secondary N) is 1. The Morgan fingerprint density at radius 2 is 1.95 bits per heavy atom. The van der Waals surface area contributed by atoms with E-state index in [2.05, 4.69) is 21.2 Å². The van der Waals surface area contributed by atoms with Crippen LogP contribution in [0.1, 0.15) is 17.3 Å². The second kappa shape index (κ2) is 7.42. The number of anilines is 1. The lowest BCUT2D eigenvalue weighted by atomic mass is 10.1. The molecule has 0 radical (unpaired) electrons. The Bertz CT molecular complexity index is 718. The van der Waals surface area contributed by atoms with E-state index in [1.165, 1.54) is 6.92 Å². The molecule has 0 saturated heterocycles. The average Bonchev–Trinajstić information content (AvgIpc) is 2.46. The summed E-state index contributed by atoms with van der Waals surface area (Å²) in [6, 6.07) is 11.8. The number of hydrogen-bond donors (Lipinski definition) is 1. The number of amides is 1. The lowest BCUT2D eigenvalue weighted by molar-refractivity contribution is -0.118. The van der Waals surface area contributed by atoms with Crippen molar-refractivity contribution in [2.45, 2.75) is 6.92 Å². The first-order chi connectivity index (χ1) is 10.5. The summed E-state index contributed by atoms with van der Waals surface area (Å²) >= 11 is 9.15. The summed E-state index contributed by atoms with van der Waals surface area (Å²) in [5.74, 6) is 0.0483. The van der Waals surface area contributed by atoms with Gasteiger partial charge in [-0.15, -0.1) is 0 Å². The van der Waals surface area contributed by atoms with Crippen LogP contribution in [0.5, 0.6) is 5.75 Å². The monoisotopic (exact) mass is 381 g/mol. The highest BCUT2D eigenvalue weighted by Gasteiger charge is 2.11. The average molecular weight is 383 g/mol. The zero-order valence-corrected chi connectivity index (χ0v) is 14.1. The Morgan fingerprint density at radius 1 is 1.23 bits per heavy atom. The van der Waals surface area contributed by atoms with Crippen molar-refractivity contribution in [1.82, 2.24) is 0 Å². The molecule has 0 bridgehead atoms. The van der Waals surface area contributed by atoms with Crippen LogP contribution in [0.15, 0.2) is 46.9 Å². The first-order valence-corrected chi connectivity index (χ1v) is 7.62. The molecule has 1 N–H and O–H groups in total. The van der Waals surface area contributed by atoms with E-state index in [0.717, 1.165) is 0 Å². The number of Topliss-reactive ketones (excluding diaryl/α,β-unsaturated/α-hetero) is 1. The third-order valence-electron chi connectivity index (χ3n) is 2.83. The molecule has 0 saturated carbocycles. The molecule has 2 rings (SSSR count). The molecule has 0 heterocycles. The van der Waals surface area contributed by atoms with E-state index in [0.29, 0.717) is 26.5 Å². The van der Waals surface area contributed by atoms with Gasteiger partial charge in [0, 0.05) is 10.6 Å². The molecule has 0 spiro atoms. The van der Waals surface area contributed by atoms with Crippen LogP contribution in [-0.4, -0.2) is 18.3 Å². The van der Waals surface area contributed by atoms with Crippen LogP contribution >= 0.6 is 27.5 Å². The highest BCUT2D eigenvalue weighted by Crippen LogP contribution is 2.28. The number of ether oxygens (including phenoxy) is 1. The van der Waals surface area contributed by atoms with Gasteiger partial charge >= 0.3 is 0 Å². The van der Waals surface area contributed by atoms with Crippen molar-refractivity contribution >= 4 is 44.9 Å². The Balaban J connectivity index is 2.00. The molecular formula is C16H13BrClNO3. The fourth-order valence-corrected chi connectivity index (χ4v) is 2.62. The van der Waals surface area contributed by atoms with E-state index >= 15 is 0 Å². The van der Waals surface area contributed by atoms with Crippen LogP contribution in [0.25, 0.3) is 0 Å². The predicted molar refractivity (Wildman–Crippen MR) is 89.7 cm³/mol. The largest absolute Gasteiger partial charge is 0.483 e. The van der Waals surface area contributed by atoms with Crippen molar-refractivity contribution < 1.29 is 14.3 Å². The topological polar surface area (TPSA) is 55.4 Å². The van der Waals surface area contributed by atoms with Crippen LogP contribution < -0.4 is 10.1 Å². The Labute approximate surface area is 141 Å². The number of para-hydroxylation sites is 1. The fraction of sp³-hybridized carbons (Fsp3) is 0.125. The van der Waals surface area contributed by atoms with E-state index < -0.39 is 0 Å². The van der Waals surface area contributed by atoms with Gasteiger partial charge in [-0.25, -0.2) is 0 Å². The summed E-state index contributed by atoms with van der Waals surface area (Å²) in [7, 11) is 0. The summed E-state index contributed by atoms with van der Waals surface area (Å²) < 4.78 is 6.09. The Morgan fingerprint density at radius 3 is 2.64 bits per heavy atom. The number of carbonyl (C=O) groups excluding carboxylic acids is 2. The zero-order valence-electron chi connectivity index (χ0n) is 11.7. The molecule has 22 heavy (non-hydrogen) atoms. The lowest BCUT2D eigenvalue weighted by Crippen LogP contribution is -2.21. The van der Waals surface area contributed by atoms with Gasteiger partial charge in [-0.2, -0.15) is 0 Å². The number of carbonyl (C=O) groups is 2. The molecule has 0 aliphatic heterocycles. The van der Waals surface area contributed by atoms with E-state index in [1.54, 1.807) is 42.5 Å². The van der Waals surface area contributed by atoms with Gasteiger partial charge in [0.2, 0.25) is 0 Å². The van der Waals surface area contributed by atoms with Crippen LogP contribution in [0, 0.1) is 0 Å². The molecule has 2 aromatic carbocycles. The number of ketones is 1. The maximum atomic E-state index is 12.0. The van der Waals surface area contributed by atoms with Crippen molar-refractivity contribution in [2.75, 3.05) is 11.9 Å². The molecule has 0 fully saturated rings. The minimum absolute atomic E-state index is 0.114. The molecule has 0 aromatic heterocycles. The lowest BCUT2D eigenvalue weighted by Gasteiger charge is -2.11. The van der Waals surface area contributed by atoms with Gasteiger partial charge < -0.3 is 10.1 Å². The zero-order chi connectivity index (χ0) is 16.1. The molecule has 6 heteroatoms. The molecular weight excluding hydrogens is 370 g/mol. The highest BCUT2D eigenvalue weighted by molar-refractivity contribution is 9.10. The second-order valence-electron chi connectivity index (χ2n) is 4.51. The van der Waals surface area contributed by atoms with Gasteiger partial charge in [-0.05, 0) is 53.2 Å². The molecule has 114 valence electrons. The third kappa shape index (κ3) is 4.32. The molecule has 2 aromatic rings. The minimum atomic E-state index is -0.351. The molecule has 0 aliphatic carbocycles. The van der Waals surface area contributed by atoms with Crippen LogP contribution in [0.2, 0.25) is 5.02 Å². The molecule has 4 nitrogen and oxygen atoms in total. The Kier molecular flexibility index (Phi) is 5.57. The predicted octanol–water partition coefficient (Wildman–Crippen LogP) is 4.32. The second-order valence-corrected chi connectivity index (χ2v) is 5.80. The van der Waals surface area contributed by atoms with Crippen molar-refractivity contribution in [2.24, 2.45) is 0 Å². The van der Waals surface area contributed by atoms with Gasteiger partial charge in [-0.3, -0.25) is 9.59 Å².